The smallest absolute Gasteiger partial charge is 0.126 e. The summed E-state index contributed by atoms with van der Waals surface area (Å²) in [5.41, 5.74) is 1.17. The number of carbonyl (C=O) groups excluding carboxylic acids is 1. The Balaban J connectivity index is 1.69. The molecule has 0 radical (unpaired) electrons. The van der Waals surface area contributed by atoms with Gasteiger partial charge in [0.2, 0.25) is 0 Å². The minimum Gasteiger partial charge on any atom is -0.303 e. The van der Waals surface area contributed by atoms with Gasteiger partial charge in [-0.3, -0.25) is 0 Å². The minimum atomic E-state index is 0.0871. The first-order valence-electron chi connectivity index (χ1n) is 5.50. The fraction of sp³-hybridized carbons (Fsp3) is 0.917. The number of aldehydes is 1. The standard InChI is InChI=1S/C12H18O/c1-10(2)7-12(10,8-13)6-9-5-11(9)3-4-11/h8-9H,3-7H2,1-2H3. The van der Waals surface area contributed by atoms with Gasteiger partial charge in [-0.25, -0.2) is 0 Å². The summed E-state index contributed by atoms with van der Waals surface area (Å²) in [5.74, 6) is 0.916. The van der Waals surface area contributed by atoms with E-state index in [2.05, 4.69) is 13.8 Å². The molecule has 1 nitrogen and oxygen atoms in total. The van der Waals surface area contributed by atoms with Gasteiger partial charge in [0.15, 0.2) is 0 Å². The van der Waals surface area contributed by atoms with Gasteiger partial charge in [0.1, 0.15) is 6.29 Å². The summed E-state index contributed by atoms with van der Waals surface area (Å²) in [6.45, 7) is 4.48. The molecule has 0 bridgehead atoms. The summed E-state index contributed by atoms with van der Waals surface area (Å²) >= 11 is 0. The zero-order valence-electron chi connectivity index (χ0n) is 8.60. The lowest BCUT2D eigenvalue weighted by Gasteiger charge is -2.12. The van der Waals surface area contributed by atoms with Crippen LogP contribution in [-0.2, 0) is 4.79 Å². The summed E-state index contributed by atoms with van der Waals surface area (Å²) in [6, 6.07) is 0. The van der Waals surface area contributed by atoms with Crippen LogP contribution in [0.1, 0.15) is 46.0 Å². The highest BCUT2D eigenvalue weighted by molar-refractivity contribution is 5.66. The fourth-order valence-electron chi connectivity index (χ4n) is 3.28. The lowest BCUT2D eigenvalue weighted by atomic mass is 9.91. The summed E-state index contributed by atoms with van der Waals surface area (Å²) in [7, 11) is 0. The second-order valence-electron chi connectivity index (χ2n) is 6.30. The lowest BCUT2D eigenvalue weighted by molar-refractivity contribution is -0.113. The van der Waals surface area contributed by atoms with E-state index >= 15 is 0 Å². The van der Waals surface area contributed by atoms with Crippen LogP contribution in [0, 0.1) is 22.2 Å². The molecule has 3 aliphatic rings. The van der Waals surface area contributed by atoms with Gasteiger partial charge in [-0.1, -0.05) is 13.8 Å². The molecule has 0 aliphatic heterocycles. The Bertz CT molecular complexity index is 275. The quantitative estimate of drug-likeness (QED) is 0.607. The van der Waals surface area contributed by atoms with E-state index in [0.29, 0.717) is 5.41 Å². The summed E-state index contributed by atoms with van der Waals surface area (Å²) in [5, 5.41) is 0. The van der Waals surface area contributed by atoms with Crippen molar-refractivity contribution in [2.24, 2.45) is 22.2 Å². The third-order valence-corrected chi connectivity index (χ3v) is 5.07. The van der Waals surface area contributed by atoms with Crippen LogP contribution in [0.25, 0.3) is 0 Å². The van der Waals surface area contributed by atoms with Gasteiger partial charge in [0.05, 0.1) is 0 Å². The zero-order chi connectivity index (χ0) is 9.32. The van der Waals surface area contributed by atoms with E-state index in [-0.39, 0.29) is 5.41 Å². The Morgan fingerprint density at radius 1 is 1.38 bits per heavy atom. The molecule has 13 heavy (non-hydrogen) atoms. The topological polar surface area (TPSA) is 17.1 Å². The number of rotatable bonds is 3. The van der Waals surface area contributed by atoms with Crippen LogP contribution in [0.4, 0.5) is 0 Å². The van der Waals surface area contributed by atoms with Crippen LogP contribution >= 0.6 is 0 Å². The van der Waals surface area contributed by atoms with Crippen LogP contribution in [0.2, 0.25) is 0 Å². The predicted molar refractivity (Wildman–Crippen MR) is 51.3 cm³/mol. The molecular formula is C12H18O. The molecule has 0 saturated heterocycles. The van der Waals surface area contributed by atoms with Crippen molar-refractivity contribution >= 4 is 6.29 Å². The molecule has 3 saturated carbocycles. The first kappa shape index (κ1) is 8.02. The molecule has 72 valence electrons. The zero-order valence-corrected chi connectivity index (χ0v) is 8.60. The van der Waals surface area contributed by atoms with Crippen molar-refractivity contribution in [2.45, 2.75) is 46.0 Å². The third-order valence-electron chi connectivity index (χ3n) is 5.07. The molecule has 3 rings (SSSR count). The normalized spacial score (nSPS) is 47.4. The summed E-state index contributed by atoms with van der Waals surface area (Å²) in [6.07, 6.45) is 7.92. The molecule has 0 aromatic heterocycles. The maximum Gasteiger partial charge on any atom is 0.126 e. The van der Waals surface area contributed by atoms with Gasteiger partial charge < -0.3 is 4.79 Å². The van der Waals surface area contributed by atoms with Crippen molar-refractivity contribution in [2.75, 3.05) is 0 Å². The van der Waals surface area contributed by atoms with E-state index in [1.54, 1.807) is 0 Å². The van der Waals surface area contributed by atoms with Gasteiger partial charge in [-0.2, -0.15) is 0 Å². The largest absolute Gasteiger partial charge is 0.303 e. The average molecular weight is 178 g/mol. The molecule has 2 atom stereocenters. The summed E-state index contributed by atoms with van der Waals surface area (Å²) < 4.78 is 0. The Morgan fingerprint density at radius 2 is 2.00 bits per heavy atom. The van der Waals surface area contributed by atoms with Crippen LogP contribution < -0.4 is 0 Å². The first-order valence-corrected chi connectivity index (χ1v) is 5.50. The van der Waals surface area contributed by atoms with Crippen molar-refractivity contribution in [1.82, 2.24) is 0 Å². The van der Waals surface area contributed by atoms with Gasteiger partial charge in [0, 0.05) is 5.41 Å². The van der Waals surface area contributed by atoms with Crippen molar-refractivity contribution in [3.63, 3.8) is 0 Å². The van der Waals surface area contributed by atoms with Crippen molar-refractivity contribution in [3.8, 4) is 0 Å². The number of carbonyl (C=O) groups is 1. The van der Waals surface area contributed by atoms with Crippen molar-refractivity contribution in [1.29, 1.82) is 0 Å². The SMILES string of the molecule is CC1(C)CC1(C=O)CC1CC12CC2. The molecular weight excluding hydrogens is 160 g/mol. The molecule has 3 aliphatic carbocycles. The van der Waals surface area contributed by atoms with E-state index < -0.39 is 0 Å². The Hall–Kier alpha value is -0.330. The van der Waals surface area contributed by atoms with Crippen LogP contribution in [-0.4, -0.2) is 6.29 Å². The van der Waals surface area contributed by atoms with Crippen molar-refractivity contribution < 1.29 is 4.79 Å². The van der Waals surface area contributed by atoms with Gasteiger partial charge >= 0.3 is 0 Å². The predicted octanol–water partition coefficient (Wildman–Crippen LogP) is 2.79. The highest BCUT2D eigenvalue weighted by atomic mass is 16.1. The maximum absolute atomic E-state index is 11.1. The molecule has 1 spiro atoms. The van der Waals surface area contributed by atoms with E-state index in [1.807, 2.05) is 0 Å². The molecule has 0 aromatic carbocycles. The Morgan fingerprint density at radius 3 is 2.31 bits per heavy atom. The Kier molecular flexibility index (Phi) is 1.15. The van der Waals surface area contributed by atoms with E-state index in [1.165, 1.54) is 32.0 Å². The lowest BCUT2D eigenvalue weighted by Crippen LogP contribution is -2.12. The highest BCUT2D eigenvalue weighted by Crippen LogP contribution is 2.77. The van der Waals surface area contributed by atoms with Crippen LogP contribution in [0.3, 0.4) is 0 Å². The van der Waals surface area contributed by atoms with Gasteiger partial charge in [-0.15, -0.1) is 0 Å². The minimum absolute atomic E-state index is 0.0871. The van der Waals surface area contributed by atoms with E-state index in [0.717, 1.165) is 17.8 Å². The highest BCUT2D eigenvalue weighted by Gasteiger charge is 2.69. The van der Waals surface area contributed by atoms with Gasteiger partial charge in [-0.05, 0) is 48.9 Å². The molecule has 1 heteroatoms. The fourth-order valence-corrected chi connectivity index (χ4v) is 3.28. The molecule has 0 amide bonds. The first-order chi connectivity index (χ1) is 6.04. The van der Waals surface area contributed by atoms with E-state index in [4.69, 9.17) is 0 Å². The third kappa shape index (κ3) is 0.908. The van der Waals surface area contributed by atoms with Crippen molar-refractivity contribution in [3.05, 3.63) is 0 Å². The molecule has 0 heterocycles. The number of hydrogen-bond donors (Lipinski definition) is 0. The Labute approximate surface area is 79.9 Å². The molecule has 0 N–H and O–H groups in total. The van der Waals surface area contributed by atoms with Crippen LogP contribution in [0.15, 0.2) is 0 Å². The molecule has 2 unspecified atom stereocenters. The monoisotopic (exact) mass is 178 g/mol. The summed E-state index contributed by atoms with van der Waals surface area (Å²) in [4.78, 5) is 11.1. The van der Waals surface area contributed by atoms with Gasteiger partial charge in [0.25, 0.3) is 0 Å². The molecule has 0 aromatic rings. The average Bonchev–Trinajstić information content (AvgIpc) is 2.94. The molecule has 3 fully saturated rings. The van der Waals surface area contributed by atoms with E-state index in [9.17, 15) is 4.79 Å². The van der Waals surface area contributed by atoms with Crippen LogP contribution in [0.5, 0.6) is 0 Å². The number of hydrogen-bond acceptors (Lipinski definition) is 1. The second-order valence-corrected chi connectivity index (χ2v) is 6.30. The maximum atomic E-state index is 11.1. The second kappa shape index (κ2) is 1.87.